The Morgan fingerprint density at radius 2 is 2.14 bits per heavy atom. The summed E-state index contributed by atoms with van der Waals surface area (Å²) >= 11 is 0. The summed E-state index contributed by atoms with van der Waals surface area (Å²) < 4.78 is 6.24. The molecular weight excluding hydrogens is 289 g/mol. The van der Waals surface area contributed by atoms with Crippen LogP contribution in [0.15, 0.2) is 30.5 Å². The van der Waals surface area contributed by atoms with E-state index in [4.69, 9.17) is 9.84 Å². The van der Waals surface area contributed by atoms with Gasteiger partial charge in [-0.15, -0.1) is 0 Å². The molecule has 1 N–H and O–H groups in total. The zero-order chi connectivity index (χ0) is 14.7. The number of nitrogens with zero attached hydrogens (tertiary/aromatic N) is 3. The Morgan fingerprint density at radius 3 is 2.57 bits per heavy atom. The van der Waals surface area contributed by atoms with E-state index in [1.165, 1.54) is 4.68 Å². The minimum Gasteiger partial charge on any atom is -1.00 e. The van der Waals surface area contributed by atoms with Crippen LogP contribution in [0.5, 0.6) is 5.75 Å². The van der Waals surface area contributed by atoms with Gasteiger partial charge in [-0.1, -0.05) is 12.1 Å². The summed E-state index contributed by atoms with van der Waals surface area (Å²) in [6.07, 6.45) is 1.10. The molecule has 1 aromatic heterocycles. The quantitative estimate of drug-likeness (QED) is 0.427. The molecule has 0 saturated carbocycles. The third-order valence-electron chi connectivity index (χ3n) is 2.65. The van der Waals surface area contributed by atoms with Gasteiger partial charge in [0, 0.05) is 1.43 Å². The van der Waals surface area contributed by atoms with Crippen molar-refractivity contribution in [2.45, 2.75) is 6.54 Å². The minimum absolute atomic E-state index is 0. The summed E-state index contributed by atoms with van der Waals surface area (Å²) in [5.41, 5.74) is -0.269. The van der Waals surface area contributed by atoms with Gasteiger partial charge in [0.25, 0.3) is 0 Å². The third-order valence-corrected chi connectivity index (χ3v) is 2.65. The number of rotatable bonds is 5. The Labute approximate surface area is 144 Å². The van der Waals surface area contributed by atoms with Crippen LogP contribution >= 0.6 is 0 Å². The Balaban J connectivity index is 0. The summed E-state index contributed by atoms with van der Waals surface area (Å²) in [5, 5.41) is 23.3. The molecule has 8 nitrogen and oxygen atoms in total. The second-order valence-corrected chi connectivity index (χ2v) is 3.97. The van der Waals surface area contributed by atoms with Crippen molar-refractivity contribution < 1.29 is 52.0 Å². The summed E-state index contributed by atoms with van der Waals surface area (Å²) in [6, 6.07) is 7.02. The van der Waals surface area contributed by atoms with Gasteiger partial charge < -0.3 is 11.3 Å². The summed E-state index contributed by atoms with van der Waals surface area (Å²) in [6.45, 7) is 0.234. The van der Waals surface area contributed by atoms with E-state index in [1.54, 1.807) is 31.4 Å². The van der Waals surface area contributed by atoms with Crippen molar-refractivity contribution in [2.75, 3.05) is 7.11 Å². The second kappa shape index (κ2) is 7.21. The minimum atomic E-state index is -1.43. The molecule has 0 bridgehead atoms. The zero-order valence-electron chi connectivity index (χ0n) is 12.5. The van der Waals surface area contributed by atoms with E-state index in [0.717, 1.165) is 11.8 Å². The average Bonchev–Trinajstić information content (AvgIpc) is 2.84. The van der Waals surface area contributed by atoms with Crippen LogP contribution in [0.1, 0.15) is 18.9 Å². The molecule has 0 aliphatic rings. The van der Waals surface area contributed by atoms with Gasteiger partial charge in [0.15, 0.2) is 0 Å². The Bertz CT molecular complexity index is 632. The molecule has 108 valence electrons. The van der Waals surface area contributed by atoms with Crippen molar-refractivity contribution in [3.05, 3.63) is 51.8 Å². The van der Waals surface area contributed by atoms with Crippen LogP contribution < -0.4 is 34.3 Å². The maximum atomic E-state index is 10.9. The molecule has 0 unspecified atom stereocenters. The molecule has 0 fully saturated rings. The van der Waals surface area contributed by atoms with Gasteiger partial charge in [0.2, 0.25) is 5.69 Å². The van der Waals surface area contributed by atoms with E-state index in [-0.39, 0.29) is 39.0 Å². The third kappa shape index (κ3) is 4.03. The van der Waals surface area contributed by atoms with Crippen molar-refractivity contribution in [1.29, 1.82) is 0 Å². The van der Waals surface area contributed by atoms with E-state index in [9.17, 15) is 14.9 Å². The number of ether oxygens (including phenoxy) is 1. The zero-order valence-corrected chi connectivity index (χ0v) is 13.5. The van der Waals surface area contributed by atoms with Crippen LogP contribution in [0.4, 0.5) is 5.69 Å². The number of aromatic nitrogens is 2. The molecule has 1 aromatic carbocycles. The molecular formula is C12H14N3NaO5. The van der Waals surface area contributed by atoms with E-state index >= 15 is 0 Å². The largest absolute Gasteiger partial charge is 1.00 e. The van der Waals surface area contributed by atoms with Crippen molar-refractivity contribution in [1.82, 2.24) is 9.78 Å². The first-order valence-corrected chi connectivity index (χ1v) is 5.59. The number of hydrogen-bond acceptors (Lipinski definition) is 5. The Kier molecular flexibility index (Phi) is 5.89. The van der Waals surface area contributed by atoms with E-state index < -0.39 is 22.3 Å². The summed E-state index contributed by atoms with van der Waals surface area (Å²) in [7, 11) is 1.55. The van der Waals surface area contributed by atoms with Gasteiger partial charge in [0.1, 0.15) is 11.9 Å². The Morgan fingerprint density at radius 1 is 1.52 bits per heavy atom. The SMILES string of the molecule is COc1ccc(Cn2cc([N+](=O)[O-])c(C(=O)O)n2)cc1.[H-].[HH].[Na+]. The van der Waals surface area contributed by atoms with Gasteiger partial charge in [-0.2, -0.15) is 5.10 Å². The van der Waals surface area contributed by atoms with E-state index in [0.29, 0.717) is 5.75 Å². The standard InChI is InChI=1S/C12H11N3O5.Na.H2.H/c1-20-9-4-2-8(3-5-9)6-14-7-10(15(18)19)11(13-14)12(16)17;;;/h2-5,7H,6H2,1H3,(H,16,17);;1H;/q;+1;;-1. The van der Waals surface area contributed by atoms with Crippen LogP contribution in [0.25, 0.3) is 0 Å². The van der Waals surface area contributed by atoms with Gasteiger partial charge in [-0.05, 0) is 17.7 Å². The van der Waals surface area contributed by atoms with Crippen LogP contribution in [-0.2, 0) is 6.54 Å². The molecule has 9 heteroatoms. The predicted molar refractivity (Wildman–Crippen MR) is 71.2 cm³/mol. The molecule has 2 aromatic rings. The maximum Gasteiger partial charge on any atom is 1.00 e. The molecule has 1 heterocycles. The molecule has 0 aliphatic heterocycles. The van der Waals surface area contributed by atoms with Crippen LogP contribution in [0.2, 0.25) is 0 Å². The molecule has 0 saturated heterocycles. The van der Waals surface area contributed by atoms with Crippen molar-refractivity contribution in [2.24, 2.45) is 0 Å². The van der Waals surface area contributed by atoms with Crippen LogP contribution in [0, 0.1) is 10.1 Å². The fraction of sp³-hybridized carbons (Fsp3) is 0.167. The normalized spacial score (nSPS) is 9.76. The molecule has 2 rings (SSSR count). The second-order valence-electron chi connectivity index (χ2n) is 3.97. The molecule has 0 spiro atoms. The van der Waals surface area contributed by atoms with Gasteiger partial charge in [-0.3, -0.25) is 14.8 Å². The molecule has 0 aliphatic carbocycles. The van der Waals surface area contributed by atoms with E-state index in [2.05, 4.69) is 5.10 Å². The van der Waals surface area contributed by atoms with Crippen LogP contribution in [-0.4, -0.2) is 32.9 Å². The number of carbonyl (C=O) groups is 1. The first-order valence-electron chi connectivity index (χ1n) is 5.59. The number of methoxy groups -OCH3 is 1. The van der Waals surface area contributed by atoms with Gasteiger partial charge >= 0.3 is 41.2 Å². The number of carboxylic acid groups (broad SMARTS) is 1. The fourth-order valence-corrected chi connectivity index (χ4v) is 1.70. The fourth-order valence-electron chi connectivity index (χ4n) is 1.70. The van der Waals surface area contributed by atoms with Crippen molar-refractivity contribution >= 4 is 11.7 Å². The van der Waals surface area contributed by atoms with Crippen molar-refractivity contribution in [3.8, 4) is 5.75 Å². The first-order chi connectivity index (χ1) is 9.51. The number of carboxylic acids is 1. The molecule has 0 amide bonds. The number of hydrogen-bond donors (Lipinski definition) is 1. The monoisotopic (exact) mass is 303 g/mol. The summed E-state index contributed by atoms with van der Waals surface area (Å²) in [4.78, 5) is 20.9. The number of benzene rings is 1. The molecule has 0 atom stereocenters. The Hall–Kier alpha value is -1.90. The predicted octanol–water partition coefficient (Wildman–Crippen LogP) is -1.09. The van der Waals surface area contributed by atoms with E-state index in [1.807, 2.05) is 0 Å². The van der Waals surface area contributed by atoms with Gasteiger partial charge in [-0.25, -0.2) is 4.79 Å². The number of nitro groups is 1. The molecule has 21 heavy (non-hydrogen) atoms. The van der Waals surface area contributed by atoms with Crippen LogP contribution in [0.3, 0.4) is 0 Å². The maximum absolute atomic E-state index is 10.9. The molecule has 0 radical (unpaired) electrons. The topological polar surface area (TPSA) is 107 Å². The first kappa shape index (κ1) is 17.2. The average molecular weight is 303 g/mol. The van der Waals surface area contributed by atoms with Gasteiger partial charge in [0.05, 0.1) is 18.6 Å². The van der Waals surface area contributed by atoms with Crippen molar-refractivity contribution in [3.63, 3.8) is 0 Å². The smallest absolute Gasteiger partial charge is 1.00 e. The number of aromatic carboxylic acids is 1. The summed E-state index contributed by atoms with van der Waals surface area (Å²) in [5.74, 6) is -0.739.